The monoisotopic (exact) mass is 429 g/mol. The van der Waals surface area contributed by atoms with Crippen molar-refractivity contribution < 1.29 is 13.9 Å². The maximum absolute atomic E-state index is 6.66. The SMILES string of the molecule is CCC1(CC)CCCN1C(C)Oc1c(-c2ccccc2)oc2cc(OC)ccc12.Cl. The Morgan fingerprint density at radius 2 is 1.83 bits per heavy atom. The average molecular weight is 430 g/mol. The van der Waals surface area contributed by atoms with Crippen LogP contribution in [0.2, 0.25) is 0 Å². The molecule has 2 heterocycles. The first kappa shape index (κ1) is 22.5. The van der Waals surface area contributed by atoms with Gasteiger partial charge in [-0.25, -0.2) is 0 Å². The first-order valence-corrected chi connectivity index (χ1v) is 10.7. The zero-order valence-corrected chi connectivity index (χ0v) is 19.1. The summed E-state index contributed by atoms with van der Waals surface area (Å²) in [5.74, 6) is 2.37. The van der Waals surface area contributed by atoms with Crippen molar-refractivity contribution in [1.82, 2.24) is 4.90 Å². The van der Waals surface area contributed by atoms with Crippen molar-refractivity contribution in [3.05, 3.63) is 48.5 Å². The van der Waals surface area contributed by atoms with Crippen LogP contribution in [0.1, 0.15) is 46.5 Å². The molecule has 5 heteroatoms. The summed E-state index contributed by atoms with van der Waals surface area (Å²) in [5.41, 5.74) is 2.03. The fourth-order valence-electron chi connectivity index (χ4n) is 4.85. The van der Waals surface area contributed by atoms with Crippen molar-refractivity contribution in [2.75, 3.05) is 13.7 Å². The van der Waals surface area contributed by atoms with Crippen LogP contribution in [0.3, 0.4) is 0 Å². The smallest absolute Gasteiger partial charge is 0.177 e. The van der Waals surface area contributed by atoms with Crippen LogP contribution < -0.4 is 9.47 Å². The first-order chi connectivity index (χ1) is 14.1. The van der Waals surface area contributed by atoms with E-state index < -0.39 is 0 Å². The third kappa shape index (κ3) is 3.91. The minimum atomic E-state index is -0.0252. The minimum absolute atomic E-state index is 0. The molecule has 1 fully saturated rings. The maximum Gasteiger partial charge on any atom is 0.177 e. The number of hydrogen-bond donors (Lipinski definition) is 0. The normalized spacial score (nSPS) is 16.9. The second-order valence-electron chi connectivity index (χ2n) is 7.93. The number of rotatable bonds is 7. The summed E-state index contributed by atoms with van der Waals surface area (Å²) in [6, 6.07) is 16.1. The van der Waals surface area contributed by atoms with Crippen LogP contribution in [-0.4, -0.2) is 30.3 Å². The van der Waals surface area contributed by atoms with Crippen LogP contribution in [0.4, 0.5) is 0 Å². The third-order valence-corrected chi connectivity index (χ3v) is 6.58. The van der Waals surface area contributed by atoms with E-state index in [4.69, 9.17) is 13.9 Å². The number of methoxy groups -OCH3 is 1. The Hall–Kier alpha value is -2.17. The highest BCUT2D eigenvalue weighted by Gasteiger charge is 2.41. The van der Waals surface area contributed by atoms with Crippen molar-refractivity contribution >= 4 is 23.4 Å². The molecule has 4 rings (SSSR count). The van der Waals surface area contributed by atoms with E-state index in [1.54, 1.807) is 7.11 Å². The zero-order chi connectivity index (χ0) is 20.4. The standard InChI is InChI=1S/C25H31NO3.ClH/c1-5-25(6-2)15-10-16-26(25)18(3)28-24-21-14-13-20(27-4)17-22(21)29-23(24)19-11-8-7-9-12-19;/h7-9,11-14,17-18H,5-6,10,15-16H2,1-4H3;1H. The van der Waals surface area contributed by atoms with Gasteiger partial charge in [-0.1, -0.05) is 44.2 Å². The summed E-state index contributed by atoms with van der Waals surface area (Å²) in [7, 11) is 1.67. The number of fused-ring (bicyclic) bond motifs is 1. The molecule has 0 radical (unpaired) electrons. The molecule has 0 spiro atoms. The zero-order valence-electron chi connectivity index (χ0n) is 18.3. The van der Waals surface area contributed by atoms with Crippen LogP contribution >= 0.6 is 12.4 Å². The first-order valence-electron chi connectivity index (χ1n) is 10.7. The van der Waals surface area contributed by atoms with Gasteiger partial charge in [-0.2, -0.15) is 0 Å². The van der Waals surface area contributed by atoms with Gasteiger partial charge in [0, 0.05) is 23.7 Å². The van der Waals surface area contributed by atoms with Gasteiger partial charge in [0.05, 0.1) is 12.5 Å². The largest absolute Gasteiger partial charge is 0.497 e. The van der Waals surface area contributed by atoms with Gasteiger partial charge in [-0.3, -0.25) is 4.90 Å². The Kier molecular flexibility index (Phi) is 6.99. The second kappa shape index (κ2) is 9.32. The van der Waals surface area contributed by atoms with E-state index in [1.165, 1.54) is 12.8 Å². The van der Waals surface area contributed by atoms with Crippen LogP contribution in [0.25, 0.3) is 22.3 Å². The molecule has 2 aromatic carbocycles. The number of furan rings is 1. The molecule has 0 amide bonds. The molecule has 1 aliphatic rings. The highest BCUT2D eigenvalue weighted by atomic mass is 35.5. The van der Waals surface area contributed by atoms with Gasteiger partial charge in [0.2, 0.25) is 0 Å². The van der Waals surface area contributed by atoms with E-state index in [0.29, 0.717) is 0 Å². The molecule has 0 bridgehead atoms. The Labute approximate surface area is 185 Å². The van der Waals surface area contributed by atoms with Crippen molar-refractivity contribution in [3.8, 4) is 22.8 Å². The summed E-state index contributed by atoms with van der Waals surface area (Å²) in [6.45, 7) is 7.84. The van der Waals surface area contributed by atoms with Crippen molar-refractivity contribution in [2.45, 2.75) is 58.2 Å². The molecule has 0 N–H and O–H groups in total. The summed E-state index contributed by atoms with van der Waals surface area (Å²) in [4.78, 5) is 2.55. The average Bonchev–Trinajstić information content (AvgIpc) is 3.36. The lowest BCUT2D eigenvalue weighted by Gasteiger charge is -2.40. The fraction of sp³-hybridized carbons (Fsp3) is 0.440. The third-order valence-electron chi connectivity index (χ3n) is 6.58. The van der Waals surface area contributed by atoms with Crippen LogP contribution in [-0.2, 0) is 0 Å². The lowest BCUT2D eigenvalue weighted by Crippen LogP contribution is -2.49. The number of ether oxygens (including phenoxy) is 2. The predicted molar refractivity (Wildman–Crippen MR) is 125 cm³/mol. The molecule has 0 saturated carbocycles. The molecule has 1 aromatic heterocycles. The Bertz CT molecular complexity index is 965. The number of hydrogen-bond acceptors (Lipinski definition) is 4. The van der Waals surface area contributed by atoms with Crippen LogP contribution in [0.15, 0.2) is 52.9 Å². The molecule has 3 aromatic rings. The van der Waals surface area contributed by atoms with Gasteiger partial charge in [-0.15, -0.1) is 12.4 Å². The Balaban J connectivity index is 0.00000256. The molecule has 0 aliphatic carbocycles. The van der Waals surface area contributed by atoms with E-state index in [-0.39, 0.29) is 24.2 Å². The van der Waals surface area contributed by atoms with Crippen molar-refractivity contribution in [2.24, 2.45) is 0 Å². The molecule has 1 aliphatic heterocycles. The van der Waals surface area contributed by atoms with Gasteiger partial charge >= 0.3 is 0 Å². The molecule has 1 unspecified atom stereocenters. The van der Waals surface area contributed by atoms with E-state index in [1.807, 2.05) is 36.4 Å². The van der Waals surface area contributed by atoms with Gasteiger partial charge < -0.3 is 13.9 Å². The summed E-state index contributed by atoms with van der Waals surface area (Å²) < 4.78 is 18.3. The topological polar surface area (TPSA) is 34.8 Å². The van der Waals surface area contributed by atoms with Gasteiger partial charge in [0.25, 0.3) is 0 Å². The van der Waals surface area contributed by atoms with Crippen molar-refractivity contribution in [1.29, 1.82) is 0 Å². The van der Waals surface area contributed by atoms with Crippen molar-refractivity contribution in [3.63, 3.8) is 0 Å². The van der Waals surface area contributed by atoms with Gasteiger partial charge in [0.15, 0.2) is 17.7 Å². The van der Waals surface area contributed by atoms with E-state index >= 15 is 0 Å². The number of likely N-dealkylation sites (tertiary alicyclic amines) is 1. The van der Waals surface area contributed by atoms with E-state index in [2.05, 4.69) is 37.8 Å². The van der Waals surface area contributed by atoms with E-state index in [9.17, 15) is 0 Å². The summed E-state index contributed by atoms with van der Waals surface area (Å²) in [5, 5.41) is 0.981. The lowest BCUT2D eigenvalue weighted by atomic mass is 9.90. The van der Waals surface area contributed by atoms with E-state index in [0.717, 1.165) is 53.2 Å². The molecule has 1 atom stereocenters. The highest BCUT2D eigenvalue weighted by molar-refractivity contribution is 5.92. The molecular weight excluding hydrogens is 398 g/mol. The summed E-state index contributed by atoms with van der Waals surface area (Å²) >= 11 is 0. The van der Waals surface area contributed by atoms with Crippen LogP contribution in [0, 0.1) is 0 Å². The maximum atomic E-state index is 6.66. The van der Waals surface area contributed by atoms with Crippen LogP contribution in [0.5, 0.6) is 11.5 Å². The Morgan fingerprint density at radius 3 is 2.50 bits per heavy atom. The number of nitrogens with zero attached hydrogens (tertiary/aromatic N) is 1. The molecule has 4 nitrogen and oxygen atoms in total. The molecule has 30 heavy (non-hydrogen) atoms. The second-order valence-corrected chi connectivity index (χ2v) is 7.93. The predicted octanol–water partition coefficient (Wildman–Crippen LogP) is 6.91. The summed E-state index contributed by atoms with van der Waals surface area (Å²) in [6.07, 6.45) is 4.73. The minimum Gasteiger partial charge on any atom is -0.497 e. The quantitative estimate of drug-likeness (QED) is 0.408. The number of halogens is 1. The van der Waals surface area contributed by atoms with Gasteiger partial charge in [0.1, 0.15) is 11.3 Å². The Morgan fingerprint density at radius 1 is 1.10 bits per heavy atom. The van der Waals surface area contributed by atoms with Gasteiger partial charge in [-0.05, 0) is 44.7 Å². The fourth-order valence-corrected chi connectivity index (χ4v) is 4.85. The highest BCUT2D eigenvalue weighted by Crippen LogP contribution is 2.43. The molecule has 1 saturated heterocycles. The lowest BCUT2D eigenvalue weighted by molar-refractivity contribution is -0.0200. The molecule has 162 valence electrons. The number of benzene rings is 2. The molecular formula is C25H32ClNO3.